The van der Waals surface area contributed by atoms with E-state index in [4.69, 9.17) is 0 Å². The number of carbonyl (C=O) groups excluding carboxylic acids is 1. The lowest BCUT2D eigenvalue weighted by atomic mass is 9.96. The summed E-state index contributed by atoms with van der Waals surface area (Å²) in [5.41, 5.74) is 5.01. The van der Waals surface area contributed by atoms with Gasteiger partial charge in [0.2, 0.25) is 5.91 Å². The Bertz CT molecular complexity index is 1190. The average molecular weight is 522 g/mol. The predicted molar refractivity (Wildman–Crippen MR) is 147 cm³/mol. The number of carbonyl (C=O) groups is 2. The number of nitrogens with zero attached hydrogens (tertiary/aromatic N) is 4. The summed E-state index contributed by atoms with van der Waals surface area (Å²) in [6.07, 6.45) is 9.58. The van der Waals surface area contributed by atoms with Gasteiger partial charge >= 0.3 is 5.97 Å². The molecule has 0 radical (unpaired) electrons. The lowest BCUT2D eigenvalue weighted by Gasteiger charge is -2.40. The molecule has 9 heteroatoms. The molecular weight excluding hydrogens is 482 g/mol. The van der Waals surface area contributed by atoms with E-state index in [0.29, 0.717) is 18.5 Å². The first-order valence-electron chi connectivity index (χ1n) is 12.9. The van der Waals surface area contributed by atoms with Crippen molar-refractivity contribution in [3.05, 3.63) is 71.5 Å². The second kappa shape index (κ2) is 12.8. The van der Waals surface area contributed by atoms with Crippen LogP contribution in [0.25, 0.3) is 11.1 Å². The van der Waals surface area contributed by atoms with Crippen molar-refractivity contribution >= 4 is 11.9 Å². The highest BCUT2D eigenvalue weighted by atomic mass is 16.4. The Kier molecular flexibility index (Phi) is 9.77. The van der Waals surface area contributed by atoms with Crippen LogP contribution in [0.2, 0.25) is 0 Å². The first kappa shape index (κ1) is 29.0. The molecule has 3 N–H and O–H groups in total. The largest absolute Gasteiger partial charge is 0.481 e. The summed E-state index contributed by atoms with van der Waals surface area (Å²) in [5, 5.41) is 23.6. The van der Waals surface area contributed by atoms with Crippen LogP contribution in [0.15, 0.2) is 54.6 Å². The van der Waals surface area contributed by atoms with Crippen molar-refractivity contribution in [3.63, 3.8) is 0 Å². The van der Waals surface area contributed by atoms with Crippen LogP contribution >= 0.6 is 0 Å². The molecule has 9 nitrogen and oxygen atoms in total. The van der Waals surface area contributed by atoms with Crippen molar-refractivity contribution < 1.29 is 19.8 Å². The number of allylic oxidation sites excluding steroid dienone is 2. The van der Waals surface area contributed by atoms with E-state index in [1.54, 1.807) is 35.6 Å². The zero-order valence-corrected chi connectivity index (χ0v) is 23.0. The minimum absolute atomic E-state index is 0.156. The number of aromatic nitrogens is 2. The van der Waals surface area contributed by atoms with E-state index in [1.807, 2.05) is 64.9 Å². The van der Waals surface area contributed by atoms with E-state index in [-0.39, 0.29) is 18.2 Å². The van der Waals surface area contributed by atoms with Gasteiger partial charge in [0.05, 0.1) is 12.5 Å². The van der Waals surface area contributed by atoms with Gasteiger partial charge in [-0.3, -0.25) is 19.6 Å². The molecular formula is C29H39N5O4. The van der Waals surface area contributed by atoms with Gasteiger partial charge in [0.25, 0.3) is 0 Å². The molecule has 0 saturated heterocycles. The second-order valence-electron chi connectivity index (χ2n) is 10.5. The number of likely N-dealkylation sites (N-methyl/N-ethyl adjacent to an activating group) is 1. The normalized spacial score (nSPS) is 16.9. The van der Waals surface area contributed by atoms with Crippen LogP contribution in [-0.4, -0.2) is 74.8 Å². The van der Waals surface area contributed by atoms with Gasteiger partial charge in [-0.2, -0.15) is 0 Å². The number of hydrogen-bond acceptors (Lipinski definition) is 7. The summed E-state index contributed by atoms with van der Waals surface area (Å²) < 4.78 is 0. The van der Waals surface area contributed by atoms with E-state index >= 15 is 0 Å². The number of amides is 1. The fourth-order valence-corrected chi connectivity index (χ4v) is 4.86. The zero-order valence-electron chi connectivity index (χ0n) is 23.0. The highest BCUT2D eigenvalue weighted by Crippen LogP contribution is 2.29. The van der Waals surface area contributed by atoms with Gasteiger partial charge in [-0.1, -0.05) is 19.9 Å². The third-order valence-electron chi connectivity index (χ3n) is 6.49. The molecule has 0 aromatic carbocycles. The van der Waals surface area contributed by atoms with Gasteiger partial charge < -0.3 is 25.3 Å². The van der Waals surface area contributed by atoms with Gasteiger partial charge in [-0.25, -0.2) is 0 Å². The predicted octanol–water partition coefficient (Wildman–Crippen LogP) is 3.44. The molecule has 1 aliphatic rings. The summed E-state index contributed by atoms with van der Waals surface area (Å²) in [4.78, 5) is 38.1. The van der Waals surface area contributed by atoms with Crippen LogP contribution in [0.4, 0.5) is 0 Å². The minimum atomic E-state index is -1.04. The van der Waals surface area contributed by atoms with Crippen LogP contribution in [0, 0.1) is 19.8 Å². The quantitative estimate of drug-likeness (QED) is 0.412. The van der Waals surface area contributed by atoms with Crippen LogP contribution in [-0.2, 0) is 9.59 Å². The molecule has 0 saturated carbocycles. The Labute approximate surface area is 224 Å². The van der Waals surface area contributed by atoms with E-state index in [1.165, 1.54) is 0 Å². The Morgan fingerprint density at radius 1 is 1.21 bits per heavy atom. The Balaban J connectivity index is 1.97. The Morgan fingerprint density at radius 2 is 1.95 bits per heavy atom. The number of aliphatic hydroxyl groups is 1. The van der Waals surface area contributed by atoms with Crippen LogP contribution in [0.3, 0.4) is 0 Å². The Morgan fingerprint density at radius 3 is 2.58 bits per heavy atom. The average Bonchev–Trinajstić information content (AvgIpc) is 2.82. The van der Waals surface area contributed by atoms with Crippen molar-refractivity contribution in [2.45, 2.75) is 58.8 Å². The third kappa shape index (κ3) is 7.26. The monoisotopic (exact) mass is 521 g/mol. The summed E-state index contributed by atoms with van der Waals surface area (Å²) in [6.45, 7) is 8.47. The van der Waals surface area contributed by atoms with Crippen LogP contribution in [0.5, 0.6) is 0 Å². The molecule has 0 fully saturated rings. The van der Waals surface area contributed by atoms with E-state index in [2.05, 4.69) is 15.3 Å². The maximum Gasteiger partial charge on any atom is 0.305 e. The van der Waals surface area contributed by atoms with Gasteiger partial charge in [0.1, 0.15) is 12.3 Å². The van der Waals surface area contributed by atoms with Gasteiger partial charge in [-0.05, 0) is 75.7 Å². The number of aliphatic hydroxyl groups excluding tert-OH is 1. The van der Waals surface area contributed by atoms with Crippen molar-refractivity contribution in [2.75, 3.05) is 20.6 Å². The molecule has 38 heavy (non-hydrogen) atoms. The molecule has 3 heterocycles. The first-order valence-corrected chi connectivity index (χ1v) is 12.9. The zero-order chi connectivity index (χ0) is 28.0. The highest BCUT2D eigenvalue weighted by Gasteiger charge is 2.34. The molecule has 1 aliphatic heterocycles. The molecule has 3 atom stereocenters. The number of carboxylic acid groups (broad SMARTS) is 1. The van der Waals surface area contributed by atoms with Crippen molar-refractivity contribution in [3.8, 4) is 11.1 Å². The topological polar surface area (TPSA) is 119 Å². The van der Waals surface area contributed by atoms with E-state index in [9.17, 15) is 19.8 Å². The molecule has 0 aliphatic carbocycles. The molecule has 0 bridgehead atoms. The molecule has 2 aromatic heterocycles. The molecule has 3 rings (SSSR count). The lowest BCUT2D eigenvalue weighted by Crippen LogP contribution is -2.53. The smallest absolute Gasteiger partial charge is 0.305 e. The van der Waals surface area contributed by atoms with Crippen molar-refractivity contribution in [1.82, 2.24) is 25.1 Å². The van der Waals surface area contributed by atoms with Crippen molar-refractivity contribution in [1.29, 1.82) is 0 Å². The summed E-state index contributed by atoms with van der Waals surface area (Å²) in [6, 6.07) is 2.28. The van der Waals surface area contributed by atoms with Gasteiger partial charge in [-0.15, -0.1) is 0 Å². The number of hydrogen-bond donors (Lipinski definition) is 3. The number of rotatable bonds is 11. The number of aryl methyl sites for hydroxylation is 2. The molecule has 204 valence electrons. The Hall–Kier alpha value is -3.56. The SMILES string of the molecule is Cc1ccnc(C)c1-c1cncc([C@H](CC(=O)O)NC(=O)[C@H](CC(C)C)N2C(CN(C)C)=CC=CC2O)c1. The molecule has 0 spiro atoms. The maximum atomic E-state index is 13.8. The fourth-order valence-electron chi connectivity index (χ4n) is 4.86. The molecule has 2 aromatic rings. The summed E-state index contributed by atoms with van der Waals surface area (Å²) >= 11 is 0. The van der Waals surface area contributed by atoms with E-state index in [0.717, 1.165) is 28.1 Å². The molecule has 1 amide bonds. The standard InChI is InChI=1S/C29H39N5O4/c1-18(2)12-25(34-23(17-33(5)6)8-7-9-26(34)35)29(38)32-24(14-27(36)37)21-13-22(16-30-15-21)28-19(3)10-11-31-20(28)4/h7-11,13,15-16,18,24-26,35H,12,14,17H2,1-6H3,(H,32,38)(H,36,37)/t24-,25-,26?/m0/s1. The first-order chi connectivity index (χ1) is 18.0. The third-order valence-corrected chi connectivity index (χ3v) is 6.49. The maximum absolute atomic E-state index is 13.8. The lowest BCUT2D eigenvalue weighted by molar-refractivity contribution is -0.138. The van der Waals surface area contributed by atoms with Crippen molar-refractivity contribution in [2.24, 2.45) is 5.92 Å². The number of aliphatic carboxylic acids is 1. The minimum Gasteiger partial charge on any atom is -0.481 e. The second-order valence-corrected chi connectivity index (χ2v) is 10.5. The van der Waals surface area contributed by atoms with Crippen LogP contribution in [0.1, 0.15) is 49.6 Å². The summed E-state index contributed by atoms with van der Waals surface area (Å²) in [5.74, 6) is -1.23. The van der Waals surface area contributed by atoms with E-state index < -0.39 is 24.3 Å². The molecule has 1 unspecified atom stereocenters. The van der Waals surface area contributed by atoms with Crippen LogP contribution < -0.4 is 5.32 Å². The van der Waals surface area contributed by atoms with Gasteiger partial charge in [0.15, 0.2) is 0 Å². The number of carboxylic acids is 1. The summed E-state index contributed by atoms with van der Waals surface area (Å²) in [7, 11) is 3.85. The highest BCUT2D eigenvalue weighted by molar-refractivity contribution is 5.83. The number of nitrogens with one attached hydrogen (secondary N) is 1. The van der Waals surface area contributed by atoms with Gasteiger partial charge in [0, 0.05) is 47.7 Å². The number of pyridine rings is 2. The fraction of sp³-hybridized carbons (Fsp3) is 0.448.